The van der Waals surface area contributed by atoms with Crippen molar-refractivity contribution in [3.63, 3.8) is 0 Å². The summed E-state index contributed by atoms with van der Waals surface area (Å²) in [5, 5.41) is 19.9. The molecule has 1 fully saturated rings. The molecule has 2 aliphatic rings. The summed E-state index contributed by atoms with van der Waals surface area (Å²) in [5.41, 5.74) is 3.27. The van der Waals surface area contributed by atoms with E-state index in [1.807, 2.05) is 6.07 Å². The van der Waals surface area contributed by atoms with Gasteiger partial charge < -0.3 is 19.8 Å². The van der Waals surface area contributed by atoms with Gasteiger partial charge in [-0.2, -0.15) is 0 Å². The lowest BCUT2D eigenvalue weighted by atomic mass is 9.85. The molecule has 2 aromatic rings. The highest BCUT2D eigenvalue weighted by Crippen LogP contribution is 2.38. The van der Waals surface area contributed by atoms with Crippen LogP contribution in [0, 0.1) is 5.92 Å². The predicted molar refractivity (Wildman–Crippen MR) is 101 cm³/mol. The van der Waals surface area contributed by atoms with Gasteiger partial charge in [-0.15, -0.1) is 0 Å². The van der Waals surface area contributed by atoms with E-state index in [0.717, 1.165) is 50.0 Å². The molecular weight excluding hydrogens is 326 g/mol. The number of benzene rings is 2. The quantitative estimate of drug-likeness (QED) is 0.826. The summed E-state index contributed by atoms with van der Waals surface area (Å²) < 4.78 is 6.09. The van der Waals surface area contributed by atoms with Crippen LogP contribution in [0.1, 0.15) is 29.5 Å². The largest absolute Gasteiger partial charge is 0.504 e. The fraction of sp³-hybridized carbons (Fsp3) is 0.455. The predicted octanol–water partition coefficient (Wildman–Crippen LogP) is 3.49. The molecule has 0 bridgehead atoms. The van der Waals surface area contributed by atoms with Crippen LogP contribution in [-0.2, 0) is 24.2 Å². The van der Waals surface area contributed by atoms with Crippen LogP contribution >= 0.6 is 0 Å². The third-order valence-electron chi connectivity index (χ3n) is 5.93. The number of rotatable bonds is 4. The Kier molecular flexibility index (Phi) is 5.14. The molecule has 0 spiro atoms. The first kappa shape index (κ1) is 17.4. The van der Waals surface area contributed by atoms with Crippen molar-refractivity contribution >= 4 is 0 Å². The molecule has 4 nitrogen and oxygen atoms in total. The standard InChI is InChI=1S/C22H27NO3/c24-20-7-6-18-15-26-21(14-19(18)22(20)25)17-9-12-23(13-10-17)11-8-16-4-2-1-3-5-16/h1-7,17,21,24-25H,8-15H2. The van der Waals surface area contributed by atoms with Gasteiger partial charge in [0.25, 0.3) is 0 Å². The maximum atomic E-state index is 10.2. The van der Waals surface area contributed by atoms with Crippen molar-refractivity contribution < 1.29 is 14.9 Å². The van der Waals surface area contributed by atoms with Crippen LogP contribution in [0.25, 0.3) is 0 Å². The first-order chi connectivity index (χ1) is 12.7. The number of hydrogen-bond donors (Lipinski definition) is 2. The van der Waals surface area contributed by atoms with Gasteiger partial charge in [-0.1, -0.05) is 36.4 Å². The van der Waals surface area contributed by atoms with Gasteiger partial charge in [-0.05, 0) is 55.5 Å². The lowest BCUT2D eigenvalue weighted by molar-refractivity contribution is -0.0287. The number of piperidine rings is 1. The van der Waals surface area contributed by atoms with Crippen LogP contribution in [0.5, 0.6) is 11.5 Å². The minimum atomic E-state index is -0.0277. The summed E-state index contributed by atoms with van der Waals surface area (Å²) in [4.78, 5) is 2.55. The molecule has 2 aromatic carbocycles. The van der Waals surface area contributed by atoms with E-state index in [9.17, 15) is 10.2 Å². The molecule has 26 heavy (non-hydrogen) atoms. The number of nitrogens with zero attached hydrogens (tertiary/aromatic N) is 1. The Morgan fingerprint density at radius 2 is 1.77 bits per heavy atom. The molecule has 0 saturated carbocycles. The number of ether oxygens (including phenoxy) is 1. The van der Waals surface area contributed by atoms with Crippen molar-refractivity contribution in [2.24, 2.45) is 5.92 Å². The van der Waals surface area contributed by atoms with Gasteiger partial charge in [0.05, 0.1) is 12.7 Å². The van der Waals surface area contributed by atoms with Gasteiger partial charge in [0.15, 0.2) is 11.5 Å². The summed E-state index contributed by atoms with van der Waals surface area (Å²) in [6.45, 7) is 3.86. The van der Waals surface area contributed by atoms with E-state index >= 15 is 0 Å². The van der Waals surface area contributed by atoms with Crippen molar-refractivity contribution in [1.29, 1.82) is 0 Å². The Morgan fingerprint density at radius 1 is 1.00 bits per heavy atom. The Labute approximate surface area is 155 Å². The monoisotopic (exact) mass is 353 g/mol. The van der Waals surface area contributed by atoms with Crippen molar-refractivity contribution in [1.82, 2.24) is 4.90 Å². The van der Waals surface area contributed by atoms with Crippen LogP contribution in [-0.4, -0.2) is 40.9 Å². The highest BCUT2D eigenvalue weighted by atomic mass is 16.5. The van der Waals surface area contributed by atoms with E-state index in [-0.39, 0.29) is 17.6 Å². The van der Waals surface area contributed by atoms with E-state index in [0.29, 0.717) is 18.9 Å². The molecule has 2 aliphatic heterocycles. The second kappa shape index (κ2) is 7.68. The minimum Gasteiger partial charge on any atom is -0.504 e. The highest BCUT2D eigenvalue weighted by molar-refractivity contribution is 5.49. The summed E-state index contributed by atoms with van der Waals surface area (Å²) in [6.07, 6.45) is 4.21. The molecule has 2 heterocycles. The molecule has 1 unspecified atom stereocenters. The maximum Gasteiger partial charge on any atom is 0.161 e. The van der Waals surface area contributed by atoms with E-state index in [1.165, 1.54) is 5.56 Å². The Morgan fingerprint density at radius 3 is 2.54 bits per heavy atom. The van der Waals surface area contributed by atoms with Gasteiger partial charge in [0.1, 0.15) is 0 Å². The summed E-state index contributed by atoms with van der Waals surface area (Å²) >= 11 is 0. The van der Waals surface area contributed by atoms with Crippen LogP contribution in [0.15, 0.2) is 42.5 Å². The minimum absolute atomic E-state index is 0.0277. The molecule has 2 N–H and O–H groups in total. The first-order valence-electron chi connectivity index (χ1n) is 9.61. The molecule has 4 rings (SSSR count). The van der Waals surface area contributed by atoms with Gasteiger partial charge in [-0.3, -0.25) is 0 Å². The number of fused-ring (bicyclic) bond motifs is 1. The van der Waals surface area contributed by atoms with E-state index in [1.54, 1.807) is 6.07 Å². The summed E-state index contributed by atoms with van der Waals surface area (Å²) in [6, 6.07) is 14.1. The van der Waals surface area contributed by atoms with E-state index < -0.39 is 0 Å². The molecule has 1 atom stereocenters. The fourth-order valence-electron chi connectivity index (χ4n) is 4.27. The lowest BCUT2D eigenvalue weighted by Crippen LogP contribution is -2.41. The SMILES string of the molecule is Oc1ccc2c(c1O)CC(C1CCN(CCc3ccccc3)CC1)OC2. The van der Waals surface area contributed by atoms with E-state index in [2.05, 4.69) is 35.2 Å². The normalized spacial score (nSPS) is 21.5. The molecule has 0 radical (unpaired) electrons. The number of likely N-dealkylation sites (tertiary alicyclic amines) is 1. The zero-order valence-electron chi connectivity index (χ0n) is 15.1. The molecule has 138 valence electrons. The smallest absolute Gasteiger partial charge is 0.161 e. The van der Waals surface area contributed by atoms with Crippen molar-refractivity contribution in [2.45, 2.75) is 38.4 Å². The molecule has 1 saturated heterocycles. The van der Waals surface area contributed by atoms with Crippen LogP contribution in [0.2, 0.25) is 0 Å². The van der Waals surface area contributed by atoms with Gasteiger partial charge in [-0.25, -0.2) is 0 Å². The average molecular weight is 353 g/mol. The number of phenolic OH excluding ortho intramolecular Hbond substituents is 2. The second-order valence-electron chi connectivity index (χ2n) is 7.54. The lowest BCUT2D eigenvalue weighted by Gasteiger charge is -2.38. The third-order valence-corrected chi connectivity index (χ3v) is 5.93. The topological polar surface area (TPSA) is 52.9 Å². The zero-order chi connectivity index (χ0) is 17.9. The number of hydrogen-bond acceptors (Lipinski definition) is 4. The van der Waals surface area contributed by atoms with Crippen LogP contribution in [0.3, 0.4) is 0 Å². The van der Waals surface area contributed by atoms with Crippen molar-refractivity contribution in [3.05, 3.63) is 59.2 Å². The second-order valence-corrected chi connectivity index (χ2v) is 7.54. The van der Waals surface area contributed by atoms with Crippen molar-refractivity contribution in [2.75, 3.05) is 19.6 Å². The van der Waals surface area contributed by atoms with Gasteiger partial charge >= 0.3 is 0 Å². The maximum absolute atomic E-state index is 10.2. The van der Waals surface area contributed by atoms with Crippen LogP contribution < -0.4 is 0 Å². The summed E-state index contributed by atoms with van der Waals surface area (Å²) in [5.74, 6) is 0.536. The third kappa shape index (κ3) is 3.71. The van der Waals surface area contributed by atoms with E-state index in [4.69, 9.17) is 4.74 Å². The molecule has 4 heteroatoms. The fourth-order valence-corrected chi connectivity index (χ4v) is 4.27. The van der Waals surface area contributed by atoms with Gasteiger partial charge in [0, 0.05) is 18.5 Å². The first-order valence-corrected chi connectivity index (χ1v) is 9.61. The average Bonchev–Trinajstić information content (AvgIpc) is 2.70. The number of phenols is 2. The summed E-state index contributed by atoms with van der Waals surface area (Å²) in [7, 11) is 0. The Hall–Kier alpha value is -2.04. The Balaban J connectivity index is 1.30. The van der Waals surface area contributed by atoms with Crippen molar-refractivity contribution in [3.8, 4) is 11.5 Å². The number of aromatic hydroxyl groups is 2. The zero-order valence-corrected chi connectivity index (χ0v) is 15.1. The Bertz CT molecular complexity index is 739. The molecule has 0 aliphatic carbocycles. The molecular formula is C22H27NO3. The molecule has 0 aromatic heterocycles. The van der Waals surface area contributed by atoms with Gasteiger partial charge in [0.2, 0.25) is 0 Å². The van der Waals surface area contributed by atoms with Crippen LogP contribution in [0.4, 0.5) is 0 Å². The molecule has 0 amide bonds. The highest BCUT2D eigenvalue weighted by Gasteiger charge is 2.31.